The van der Waals surface area contributed by atoms with Crippen molar-refractivity contribution in [3.8, 4) is 11.1 Å². The van der Waals surface area contributed by atoms with Gasteiger partial charge in [-0.1, -0.05) is 108 Å². The highest BCUT2D eigenvalue weighted by Crippen LogP contribution is 2.52. The molecule has 0 saturated carbocycles. The standard InChI is InChI=1S/C34H38/c1-10-26-22(5)19-32-33(28(26)12-3)30-18-17-25(20-31(30)34(32,8)9)23(6)24(7)27(11-2)29-16-14-13-15-21(29)4/h10-20,23-24H,1,3H2,2,4-9H3/b27-11-. The summed E-state index contributed by atoms with van der Waals surface area (Å²) >= 11 is 0. The Kier molecular flexibility index (Phi) is 6.30. The Hall–Kier alpha value is -3.12. The van der Waals surface area contributed by atoms with Crippen LogP contribution in [-0.4, -0.2) is 0 Å². The summed E-state index contributed by atoms with van der Waals surface area (Å²) in [5.41, 5.74) is 14.6. The fraction of sp³-hybridized carbons (Fsp3) is 0.294. The second-order valence-corrected chi connectivity index (χ2v) is 10.4. The predicted octanol–water partition coefficient (Wildman–Crippen LogP) is 9.74. The molecule has 0 N–H and O–H groups in total. The number of hydrogen-bond acceptors (Lipinski definition) is 0. The molecule has 174 valence electrons. The molecular formula is C34H38. The molecule has 2 atom stereocenters. The lowest BCUT2D eigenvalue weighted by atomic mass is 9.77. The molecule has 0 spiro atoms. The summed E-state index contributed by atoms with van der Waals surface area (Å²) in [5, 5.41) is 0. The normalized spacial score (nSPS) is 15.9. The first-order valence-electron chi connectivity index (χ1n) is 12.5. The smallest absolute Gasteiger partial charge is 0.0159 e. The monoisotopic (exact) mass is 446 g/mol. The molecule has 0 heteroatoms. The largest absolute Gasteiger partial charge is 0.0984 e. The van der Waals surface area contributed by atoms with Gasteiger partial charge in [0.05, 0.1) is 0 Å². The topological polar surface area (TPSA) is 0 Å². The summed E-state index contributed by atoms with van der Waals surface area (Å²) in [4.78, 5) is 0. The summed E-state index contributed by atoms with van der Waals surface area (Å²) in [6.45, 7) is 24.3. The Morgan fingerprint density at radius 1 is 0.853 bits per heavy atom. The van der Waals surface area contributed by atoms with Gasteiger partial charge in [0.2, 0.25) is 0 Å². The van der Waals surface area contributed by atoms with Gasteiger partial charge < -0.3 is 0 Å². The van der Waals surface area contributed by atoms with Crippen LogP contribution in [0, 0.1) is 19.8 Å². The lowest BCUT2D eigenvalue weighted by molar-refractivity contribution is 0.601. The third-order valence-electron chi connectivity index (χ3n) is 8.22. The van der Waals surface area contributed by atoms with E-state index in [9.17, 15) is 0 Å². The summed E-state index contributed by atoms with van der Waals surface area (Å²) in [7, 11) is 0. The van der Waals surface area contributed by atoms with Gasteiger partial charge in [0, 0.05) is 5.41 Å². The molecule has 3 aromatic rings. The lowest BCUT2D eigenvalue weighted by Crippen LogP contribution is -2.17. The van der Waals surface area contributed by atoms with Crippen molar-refractivity contribution in [2.45, 2.75) is 59.8 Å². The molecule has 0 radical (unpaired) electrons. The van der Waals surface area contributed by atoms with Crippen LogP contribution in [0.4, 0.5) is 0 Å². The third kappa shape index (κ3) is 3.61. The zero-order valence-electron chi connectivity index (χ0n) is 21.9. The minimum atomic E-state index is -0.0503. The van der Waals surface area contributed by atoms with Gasteiger partial charge in [0.1, 0.15) is 0 Å². The highest BCUT2D eigenvalue weighted by atomic mass is 14.4. The van der Waals surface area contributed by atoms with Crippen molar-refractivity contribution in [2.75, 3.05) is 0 Å². The Bertz CT molecular complexity index is 1310. The van der Waals surface area contributed by atoms with Gasteiger partial charge in [0.15, 0.2) is 0 Å². The van der Waals surface area contributed by atoms with Crippen molar-refractivity contribution in [3.63, 3.8) is 0 Å². The predicted molar refractivity (Wildman–Crippen MR) is 151 cm³/mol. The first-order valence-corrected chi connectivity index (χ1v) is 12.5. The van der Waals surface area contributed by atoms with Crippen molar-refractivity contribution in [2.24, 2.45) is 5.92 Å². The molecule has 1 aliphatic carbocycles. The van der Waals surface area contributed by atoms with Gasteiger partial charge in [-0.05, 0) is 93.8 Å². The Morgan fingerprint density at radius 3 is 2.15 bits per heavy atom. The van der Waals surface area contributed by atoms with Crippen molar-refractivity contribution in [1.82, 2.24) is 0 Å². The van der Waals surface area contributed by atoms with E-state index in [-0.39, 0.29) is 5.41 Å². The SMILES string of the molecule is C=Cc1c(C)cc2c(c1C=C)-c1ccc(C(C)C(C)/C(=C/C)c3ccccc3C)cc1C2(C)C. The lowest BCUT2D eigenvalue weighted by Gasteiger charge is -2.27. The summed E-state index contributed by atoms with van der Waals surface area (Å²) in [5.74, 6) is 0.814. The van der Waals surface area contributed by atoms with E-state index in [1.165, 1.54) is 61.2 Å². The van der Waals surface area contributed by atoms with Gasteiger partial charge in [-0.2, -0.15) is 0 Å². The van der Waals surface area contributed by atoms with E-state index < -0.39 is 0 Å². The van der Waals surface area contributed by atoms with E-state index in [1.807, 2.05) is 12.2 Å². The molecule has 0 fully saturated rings. The quantitative estimate of drug-likeness (QED) is 0.353. The van der Waals surface area contributed by atoms with Gasteiger partial charge >= 0.3 is 0 Å². The minimum absolute atomic E-state index is 0.0503. The van der Waals surface area contributed by atoms with Crippen LogP contribution in [0.25, 0.3) is 28.9 Å². The van der Waals surface area contributed by atoms with Gasteiger partial charge in [0.25, 0.3) is 0 Å². The molecule has 34 heavy (non-hydrogen) atoms. The van der Waals surface area contributed by atoms with Crippen LogP contribution in [0.1, 0.15) is 85.0 Å². The molecule has 4 rings (SSSR count). The number of hydrogen-bond donors (Lipinski definition) is 0. The first-order chi connectivity index (χ1) is 16.2. The summed E-state index contributed by atoms with van der Waals surface area (Å²) < 4.78 is 0. The average Bonchev–Trinajstić information content (AvgIpc) is 3.05. The van der Waals surface area contributed by atoms with Crippen LogP contribution in [0.2, 0.25) is 0 Å². The molecule has 0 bridgehead atoms. The second kappa shape index (κ2) is 8.91. The van der Waals surface area contributed by atoms with Gasteiger partial charge in [-0.25, -0.2) is 0 Å². The molecule has 0 amide bonds. The summed E-state index contributed by atoms with van der Waals surface area (Å²) in [6, 6.07) is 18.3. The molecule has 0 aromatic heterocycles. The third-order valence-corrected chi connectivity index (χ3v) is 8.22. The number of rotatable bonds is 6. The fourth-order valence-electron chi connectivity index (χ4n) is 5.97. The van der Waals surface area contributed by atoms with E-state index in [4.69, 9.17) is 0 Å². The number of allylic oxidation sites excluding steroid dienone is 2. The van der Waals surface area contributed by atoms with E-state index in [0.29, 0.717) is 11.8 Å². The van der Waals surface area contributed by atoms with E-state index in [0.717, 1.165) is 0 Å². The molecule has 0 aliphatic heterocycles. The molecule has 0 heterocycles. The number of aryl methyl sites for hydroxylation is 2. The van der Waals surface area contributed by atoms with Crippen LogP contribution >= 0.6 is 0 Å². The average molecular weight is 447 g/mol. The maximum absolute atomic E-state index is 4.16. The van der Waals surface area contributed by atoms with Crippen LogP contribution in [0.3, 0.4) is 0 Å². The Labute approximate surface area is 206 Å². The fourth-order valence-corrected chi connectivity index (χ4v) is 5.97. The maximum Gasteiger partial charge on any atom is 0.0159 e. The van der Waals surface area contributed by atoms with Crippen molar-refractivity contribution in [1.29, 1.82) is 0 Å². The second-order valence-electron chi connectivity index (χ2n) is 10.4. The zero-order chi connectivity index (χ0) is 24.8. The van der Waals surface area contributed by atoms with E-state index >= 15 is 0 Å². The maximum atomic E-state index is 4.16. The van der Waals surface area contributed by atoms with E-state index in [2.05, 4.69) is 116 Å². The molecule has 3 aromatic carbocycles. The van der Waals surface area contributed by atoms with Crippen LogP contribution < -0.4 is 0 Å². The minimum Gasteiger partial charge on any atom is -0.0984 e. The van der Waals surface area contributed by atoms with Crippen LogP contribution in [-0.2, 0) is 5.41 Å². The number of benzene rings is 3. The zero-order valence-corrected chi connectivity index (χ0v) is 21.9. The molecule has 1 aliphatic rings. The molecule has 2 unspecified atom stereocenters. The highest BCUT2D eigenvalue weighted by Gasteiger charge is 2.38. The highest BCUT2D eigenvalue weighted by molar-refractivity contribution is 5.91. The molecular weight excluding hydrogens is 408 g/mol. The Morgan fingerprint density at radius 2 is 1.53 bits per heavy atom. The summed E-state index contributed by atoms with van der Waals surface area (Å²) in [6.07, 6.45) is 6.28. The van der Waals surface area contributed by atoms with Crippen molar-refractivity contribution >= 4 is 17.7 Å². The van der Waals surface area contributed by atoms with Gasteiger partial charge in [-0.15, -0.1) is 0 Å². The van der Waals surface area contributed by atoms with E-state index in [1.54, 1.807) is 0 Å². The molecule has 0 saturated heterocycles. The van der Waals surface area contributed by atoms with Crippen LogP contribution in [0.5, 0.6) is 0 Å². The van der Waals surface area contributed by atoms with Crippen molar-refractivity contribution < 1.29 is 0 Å². The van der Waals surface area contributed by atoms with Crippen LogP contribution in [0.15, 0.2) is 67.8 Å². The number of fused-ring (bicyclic) bond motifs is 3. The first kappa shape index (κ1) is 24.0. The van der Waals surface area contributed by atoms with Crippen molar-refractivity contribution in [3.05, 3.63) is 112 Å². The molecule has 0 nitrogen and oxygen atoms in total. The van der Waals surface area contributed by atoms with Gasteiger partial charge in [-0.3, -0.25) is 0 Å². The Balaban J connectivity index is 1.81.